The Kier molecular flexibility index (Phi) is 5.31. The predicted molar refractivity (Wildman–Crippen MR) is 103 cm³/mol. The van der Waals surface area contributed by atoms with Gasteiger partial charge in [0.25, 0.3) is 0 Å². The molecule has 1 atom stereocenters. The van der Waals surface area contributed by atoms with E-state index in [1.165, 1.54) is 26.4 Å². The minimum atomic E-state index is -0.595. The van der Waals surface area contributed by atoms with Gasteiger partial charge in [0.2, 0.25) is 5.75 Å². The maximum absolute atomic E-state index is 12.8. The van der Waals surface area contributed by atoms with E-state index in [1.54, 1.807) is 0 Å². The SMILES string of the molecule is CCN1C(=S)NC(c2cc([N+](=O)[O-])c(OC)cc2OC)C2=C1CCCC2=O. The molecule has 0 bridgehead atoms. The summed E-state index contributed by atoms with van der Waals surface area (Å²) in [6, 6.07) is 2.27. The van der Waals surface area contributed by atoms with E-state index >= 15 is 0 Å². The van der Waals surface area contributed by atoms with E-state index in [0.29, 0.717) is 35.0 Å². The Labute approximate surface area is 162 Å². The van der Waals surface area contributed by atoms with Crippen molar-refractivity contribution in [2.75, 3.05) is 20.8 Å². The number of rotatable bonds is 5. The van der Waals surface area contributed by atoms with Crippen LogP contribution in [-0.4, -0.2) is 41.5 Å². The number of hydrogen-bond donors (Lipinski definition) is 1. The summed E-state index contributed by atoms with van der Waals surface area (Å²) >= 11 is 5.49. The molecule has 144 valence electrons. The number of Topliss-reactive ketones (excluding diaryl/α,β-unsaturated/α-hetero) is 1. The predicted octanol–water partition coefficient (Wildman–Crippen LogP) is 2.87. The Morgan fingerprint density at radius 3 is 2.59 bits per heavy atom. The van der Waals surface area contributed by atoms with Crippen LogP contribution in [0, 0.1) is 10.1 Å². The third-order valence-corrected chi connectivity index (χ3v) is 5.25. The molecular formula is C18H21N3O5S. The molecule has 1 heterocycles. The summed E-state index contributed by atoms with van der Waals surface area (Å²) in [6.45, 7) is 2.61. The number of carbonyl (C=O) groups excluding carboxylic acids is 1. The summed E-state index contributed by atoms with van der Waals surface area (Å²) in [5, 5.41) is 15.2. The van der Waals surface area contributed by atoms with E-state index < -0.39 is 11.0 Å². The van der Waals surface area contributed by atoms with Gasteiger partial charge >= 0.3 is 5.69 Å². The van der Waals surface area contributed by atoms with Gasteiger partial charge in [0.05, 0.1) is 25.2 Å². The lowest BCUT2D eigenvalue weighted by Gasteiger charge is -2.40. The summed E-state index contributed by atoms with van der Waals surface area (Å²) in [6.07, 6.45) is 1.96. The van der Waals surface area contributed by atoms with Crippen molar-refractivity contribution in [2.24, 2.45) is 0 Å². The van der Waals surface area contributed by atoms with Crippen molar-refractivity contribution in [2.45, 2.75) is 32.2 Å². The van der Waals surface area contributed by atoms with Crippen molar-refractivity contribution in [3.8, 4) is 11.5 Å². The Bertz CT molecular complexity index is 852. The second-order valence-corrected chi connectivity index (χ2v) is 6.67. The Morgan fingerprint density at radius 2 is 2.00 bits per heavy atom. The maximum atomic E-state index is 12.8. The summed E-state index contributed by atoms with van der Waals surface area (Å²) in [4.78, 5) is 25.6. The van der Waals surface area contributed by atoms with E-state index in [1.807, 2.05) is 11.8 Å². The van der Waals surface area contributed by atoms with Crippen LogP contribution >= 0.6 is 12.2 Å². The molecule has 1 aliphatic carbocycles. The minimum Gasteiger partial charge on any atom is -0.496 e. The third-order valence-electron chi connectivity index (χ3n) is 4.91. The Balaban J connectivity index is 2.22. The largest absolute Gasteiger partial charge is 0.496 e. The fraction of sp³-hybridized carbons (Fsp3) is 0.444. The molecule has 0 aromatic heterocycles. The number of nitrogens with one attached hydrogen (secondary N) is 1. The third kappa shape index (κ3) is 3.23. The lowest BCUT2D eigenvalue weighted by atomic mass is 9.84. The molecular weight excluding hydrogens is 370 g/mol. The number of methoxy groups -OCH3 is 2. The molecule has 8 nitrogen and oxygen atoms in total. The quantitative estimate of drug-likeness (QED) is 0.465. The van der Waals surface area contributed by atoms with Crippen molar-refractivity contribution < 1.29 is 19.2 Å². The number of thiocarbonyl (C=S) groups is 1. The average molecular weight is 391 g/mol. The van der Waals surface area contributed by atoms with Gasteiger partial charge in [0.15, 0.2) is 10.9 Å². The van der Waals surface area contributed by atoms with Crippen LogP contribution in [-0.2, 0) is 4.79 Å². The number of ketones is 1. The lowest BCUT2D eigenvalue weighted by Crippen LogP contribution is -2.49. The van der Waals surface area contributed by atoms with Crippen LogP contribution in [0.3, 0.4) is 0 Å². The normalized spacial score (nSPS) is 19.5. The minimum absolute atomic E-state index is 0.0234. The Hall–Kier alpha value is -2.68. The number of nitrogens with zero attached hydrogens (tertiary/aromatic N) is 2. The molecule has 1 unspecified atom stereocenters. The molecule has 0 radical (unpaired) electrons. The molecule has 0 spiro atoms. The number of hydrogen-bond acceptors (Lipinski definition) is 6. The van der Waals surface area contributed by atoms with E-state index in [9.17, 15) is 14.9 Å². The summed E-state index contributed by atoms with van der Waals surface area (Å²) in [5.74, 6) is 0.515. The maximum Gasteiger partial charge on any atom is 0.311 e. The van der Waals surface area contributed by atoms with Crippen LogP contribution < -0.4 is 14.8 Å². The molecule has 1 aromatic rings. The Morgan fingerprint density at radius 1 is 1.30 bits per heavy atom. The highest BCUT2D eigenvalue weighted by Gasteiger charge is 2.38. The summed E-state index contributed by atoms with van der Waals surface area (Å²) in [5.41, 5.74) is 1.80. The van der Waals surface area contributed by atoms with Crippen LogP contribution in [0.5, 0.6) is 11.5 Å². The first kappa shape index (κ1) is 19.1. The van der Waals surface area contributed by atoms with Gasteiger partial charge in [0, 0.05) is 41.9 Å². The van der Waals surface area contributed by atoms with Crippen molar-refractivity contribution in [3.05, 3.63) is 39.1 Å². The molecule has 3 rings (SSSR count). The van der Waals surface area contributed by atoms with Crippen LogP contribution in [0.4, 0.5) is 5.69 Å². The second kappa shape index (κ2) is 7.51. The number of ether oxygens (including phenoxy) is 2. The van der Waals surface area contributed by atoms with Gasteiger partial charge in [-0.05, 0) is 32.0 Å². The smallest absolute Gasteiger partial charge is 0.311 e. The highest BCUT2D eigenvalue weighted by atomic mass is 32.1. The number of nitro benzene ring substituents is 1. The molecule has 0 saturated carbocycles. The highest BCUT2D eigenvalue weighted by Crippen LogP contribution is 2.43. The van der Waals surface area contributed by atoms with Crippen LogP contribution in [0.25, 0.3) is 0 Å². The molecule has 1 N–H and O–H groups in total. The first-order valence-electron chi connectivity index (χ1n) is 8.67. The number of allylic oxidation sites excluding steroid dienone is 1. The molecule has 27 heavy (non-hydrogen) atoms. The number of benzene rings is 1. The van der Waals surface area contributed by atoms with Crippen molar-refractivity contribution in [1.29, 1.82) is 0 Å². The highest BCUT2D eigenvalue weighted by molar-refractivity contribution is 7.80. The number of carbonyl (C=O) groups is 1. The molecule has 1 aromatic carbocycles. The zero-order valence-electron chi connectivity index (χ0n) is 15.4. The van der Waals surface area contributed by atoms with Gasteiger partial charge in [-0.1, -0.05) is 0 Å². The van der Waals surface area contributed by atoms with E-state index in [4.69, 9.17) is 21.7 Å². The van der Waals surface area contributed by atoms with E-state index in [2.05, 4.69) is 5.32 Å². The molecule has 0 amide bonds. The van der Waals surface area contributed by atoms with Crippen molar-refractivity contribution in [1.82, 2.24) is 10.2 Å². The number of nitro groups is 1. The van der Waals surface area contributed by atoms with Crippen molar-refractivity contribution in [3.63, 3.8) is 0 Å². The molecule has 1 aliphatic heterocycles. The van der Waals surface area contributed by atoms with E-state index in [-0.39, 0.29) is 17.2 Å². The summed E-state index contributed by atoms with van der Waals surface area (Å²) in [7, 11) is 2.83. The van der Waals surface area contributed by atoms with Crippen LogP contribution in [0.2, 0.25) is 0 Å². The van der Waals surface area contributed by atoms with Gasteiger partial charge in [-0.3, -0.25) is 14.9 Å². The van der Waals surface area contributed by atoms with Gasteiger partial charge < -0.3 is 19.7 Å². The lowest BCUT2D eigenvalue weighted by molar-refractivity contribution is -0.385. The molecule has 9 heteroatoms. The molecule has 2 aliphatic rings. The first-order chi connectivity index (χ1) is 12.9. The fourth-order valence-electron chi connectivity index (χ4n) is 3.69. The van der Waals surface area contributed by atoms with Gasteiger partial charge in [-0.2, -0.15) is 0 Å². The van der Waals surface area contributed by atoms with Gasteiger partial charge in [-0.15, -0.1) is 0 Å². The average Bonchev–Trinajstić information content (AvgIpc) is 2.66. The zero-order valence-corrected chi connectivity index (χ0v) is 16.2. The monoisotopic (exact) mass is 391 g/mol. The standard InChI is InChI=1S/C18H21N3O5S/c1-4-20-11-6-5-7-13(22)16(11)17(19-18(20)27)10-8-12(21(23)24)15(26-3)9-14(10)25-2/h8-9,17H,4-7H2,1-3H3,(H,19,27). The topological polar surface area (TPSA) is 93.9 Å². The molecule has 0 saturated heterocycles. The molecule has 0 fully saturated rings. The second-order valence-electron chi connectivity index (χ2n) is 6.29. The van der Waals surface area contributed by atoms with Crippen LogP contribution in [0.15, 0.2) is 23.4 Å². The fourth-order valence-corrected chi connectivity index (χ4v) is 4.05. The zero-order chi connectivity index (χ0) is 19.7. The van der Waals surface area contributed by atoms with E-state index in [0.717, 1.165) is 18.5 Å². The van der Waals surface area contributed by atoms with Gasteiger partial charge in [0.1, 0.15) is 5.75 Å². The van der Waals surface area contributed by atoms with Gasteiger partial charge in [-0.25, -0.2) is 0 Å². The summed E-state index contributed by atoms with van der Waals surface area (Å²) < 4.78 is 10.6. The van der Waals surface area contributed by atoms with Crippen molar-refractivity contribution >= 4 is 28.8 Å². The van der Waals surface area contributed by atoms with Crippen LogP contribution in [0.1, 0.15) is 37.8 Å². The first-order valence-corrected chi connectivity index (χ1v) is 9.08.